The molecule has 2 amide bonds. The van der Waals surface area contributed by atoms with Gasteiger partial charge in [0, 0.05) is 12.6 Å². The molecular weight excluding hydrogens is 284 g/mol. The van der Waals surface area contributed by atoms with Crippen LogP contribution < -0.4 is 5.32 Å². The van der Waals surface area contributed by atoms with Crippen molar-refractivity contribution >= 4 is 21.8 Å². The van der Waals surface area contributed by atoms with Crippen LogP contribution in [0.4, 0.5) is 4.79 Å². The fourth-order valence-corrected chi connectivity index (χ4v) is 4.33. The largest absolute Gasteiger partial charge is 0.481 e. The Morgan fingerprint density at radius 3 is 2.55 bits per heavy atom. The Morgan fingerprint density at radius 2 is 2.00 bits per heavy atom. The first-order valence-electron chi connectivity index (χ1n) is 6.76. The molecule has 2 fully saturated rings. The predicted octanol–water partition coefficient (Wildman–Crippen LogP) is 0.0682. The molecule has 1 saturated heterocycles. The number of aliphatic carboxylic acids is 1. The van der Waals surface area contributed by atoms with E-state index in [0.717, 1.165) is 12.8 Å². The van der Waals surface area contributed by atoms with Crippen LogP contribution in [0.3, 0.4) is 0 Å². The van der Waals surface area contributed by atoms with Crippen LogP contribution in [0.5, 0.6) is 0 Å². The van der Waals surface area contributed by atoms with E-state index in [-0.39, 0.29) is 36.5 Å². The van der Waals surface area contributed by atoms with E-state index in [1.807, 2.05) is 0 Å². The van der Waals surface area contributed by atoms with E-state index in [4.69, 9.17) is 5.11 Å². The monoisotopic (exact) mass is 304 g/mol. The molecule has 114 valence electrons. The van der Waals surface area contributed by atoms with Gasteiger partial charge in [0.25, 0.3) is 0 Å². The lowest BCUT2D eigenvalue weighted by Gasteiger charge is -2.39. The molecule has 0 spiro atoms. The molecule has 1 saturated carbocycles. The second-order valence-corrected chi connectivity index (χ2v) is 8.01. The number of carbonyl (C=O) groups is 2. The summed E-state index contributed by atoms with van der Waals surface area (Å²) in [6.45, 7) is 2.16. The Hall–Kier alpha value is -1.31. The van der Waals surface area contributed by atoms with Crippen molar-refractivity contribution in [3.8, 4) is 0 Å². The van der Waals surface area contributed by atoms with E-state index in [1.54, 1.807) is 0 Å². The number of urea groups is 1. The van der Waals surface area contributed by atoms with Crippen LogP contribution in [-0.2, 0) is 14.6 Å². The molecule has 0 aromatic rings. The van der Waals surface area contributed by atoms with Crippen LogP contribution >= 0.6 is 0 Å². The van der Waals surface area contributed by atoms with Gasteiger partial charge in [-0.05, 0) is 18.8 Å². The minimum absolute atomic E-state index is 0.0639. The molecule has 0 aromatic heterocycles. The molecule has 0 radical (unpaired) electrons. The summed E-state index contributed by atoms with van der Waals surface area (Å²) in [5, 5.41) is 11.7. The molecule has 0 aromatic carbocycles. The van der Waals surface area contributed by atoms with E-state index >= 15 is 0 Å². The highest BCUT2D eigenvalue weighted by Gasteiger charge is 2.37. The normalized spacial score (nSPS) is 32.2. The zero-order valence-corrected chi connectivity index (χ0v) is 12.2. The van der Waals surface area contributed by atoms with Crippen molar-refractivity contribution in [3.63, 3.8) is 0 Å². The van der Waals surface area contributed by atoms with Gasteiger partial charge >= 0.3 is 12.0 Å². The van der Waals surface area contributed by atoms with E-state index in [9.17, 15) is 18.0 Å². The first-order chi connectivity index (χ1) is 9.27. The van der Waals surface area contributed by atoms with Crippen molar-refractivity contribution in [2.75, 3.05) is 18.1 Å². The molecule has 1 unspecified atom stereocenters. The Kier molecular flexibility index (Phi) is 4.22. The molecule has 7 nitrogen and oxygen atoms in total. The third kappa shape index (κ3) is 3.62. The standard InChI is InChI=1S/C12H20N2O5S/c1-8-4-9(5-8)13-12(17)14-2-3-20(18,19)7-10(14)6-11(15)16/h8-10H,2-7H2,1H3,(H,13,17)(H,15,16). The fraction of sp³-hybridized carbons (Fsp3) is 0.833. The Morgan fingerprint density at radius 1 is 1.35 bits per heavy atom. The first-order valence-corrected chi connectivity index (χ1v) is 8.58. The number of nitrogens with zero attached hydrogens (tertiary/aromatic N) is 1. The number of amides is 2. The third-order valence-corrected chi connectivity index (χ3v) is 5.60. The highest BCUT2D eigenvalue weighted by molar-refractivity contribution is 7.91. The highest BCUT2D eigenvalue weighted by Crippen LogP contribution is 2.26. The predicted molar refractivity (Wildman–Crippen MR) is 72.1 cm³/mol. The van der Waals surface area contributed by atoms with Crippen LogP contribution in [0.1, 0.15) is 26.2 Å². The third-order valence-electron chi connectivity index (χ3n) is 3.90. The van der Waals surface area contributed by atoms with Gasteiger partial charge in [-0.2, -0.15) is 0 Å². The first kappa shape index (κ1) is 15.1. The number of carboxylic acid groups (broad SMARTS) is 1. The quantitative estimate of drug-likeness (QED) is 0.768. The summed E-state index contributed by atoms with van der Waals surface area (Å²) in [7, 11) is -3.26. The van der Waals surface area contributed by atoms with Gasteiger partial charge in [-0.15, -0.1) is 0 Å². The highest BCUT2D eigenvalue weighted by atomic mass is 32.2. The number of carbonyl (C=O) groups excluding carboxylic acids is 1. The number of sulfone groups is 1. The molecule has 2 aliphatic rings. The zero-order valence-electron chi connectivity index (χ0n) is 11.4. The van der Waals surface area contributed by atoms with Crippen LogP contribution in [0.15, 0.2) is 0 Å². The summed E-state index contributed by atoms with van der Waals surface area (Å²) in [5.74, 6) is -0.871. The summed E-state index contributed by atoms with van der Waals surface area (Å²) < 4.78 is 23.2. The average Bonchev–Trinajstić information content (AvgIpc) is 2.24. The maximum absolute atomic E-state index is 12.1. The van der Waals surface area contributed by atoms with Crippen LogP contribution in [-0.4, -0.2) is 60.6 Å². The summed E-state index contributed by atoms with van der Waals surface area (Å²) in [5.41, 5.74) is 0. The molecule has 2 N–H and O–H groups in total. The van der Waals surface area contributed by atoms with E-state index < -0.39 is 21.8 Å². The van der Waals surface area contributed by atoms with Crippen LogP contribution in [0, 0.1) is 5.92 Å². The lowest BCUT2D eigenvalue weighted by molar-refractivity contribution is -0.138. The lowest BCUT2D eigenvalue weighted by Crippen LogP contribution is -2.57. The van der Waals surface area contributed by atoms with Crippen molar-refractivity contribution in [2.45, 2.75) is 38.3 Å². The van der Waals surface area contributed by atoms with Gasteiger partial charge in [0.1, 0.15) is 0 Å². The molecule has 1 atom stereocenters. The van der Waals surface area contributed by atoms with Crippen molar-refractivity contribution in [1.29, 1.82) is 0 Å². The number of rotatable bonds is 3. The van der Waals surface area contributed by atoms with Crippen molar-refractivity contribution < 1.29 is 23.1 Å². The van der Waals surface area contributed by atoms with Crippen molar-refractivity contribution in [3.05, 3.63) is 0 Å². The number of hydrogen-bond donors (Lipinski definition) is 2. The van der Waals surface area contributed by atoms with E-state index in [2.05, 4.69) is 12.2 Å². The molecule has 1 aliphatic heterocycles. The topological polar surface area (TPSA) is 104 Å². The van der Waals surface area contributed by atoms with Crippen molar-refractivity contribution in [2.24, 2.45) is 5.92 Å². The van der Waals surface area contributed by atoms with Gasteiger partial charge in [-0.1, -0.05) is 6.92 Å². The minimum atomic E-state index is -3.26. The van der Waals surface area contributed by atoms with Crippen LogP contribution in [0.25, 0.3) is 0 Å². The molecular formula is C12H20N2O5S. The Labute approximate surface area is 118 Å². The number of carboxylic acids is 1. The molecule has 1 heterocycles. The van der Waals surface area contributed by atoms with Gasteiger partial charge in [-0.25, -0.2) is 13.2 Å². The summed E-state index contributed by atoms with van der Waals surface area (Å²) >= 11 is 0. The van der Waals surface area contributed by atoms with Crippen molar-refractivity contribution in [1.82, 2.24) is 10.2 Å². The summed E-state index contributed by atoms with van der Waals surface area (Å²) in [6, 6.07) is -0.992. The van der Waals surface area contributed by atoms with Gasteiger partial charge < -0.3 is 15.3 Å². The van der Waals surface area contributed by atoms with Gasteiger partial charge in [-0.3, -0.25) is 4.79 Å². The SMILES string of the molecule is CC1CC(NC(=O)N2CCS(=O)(=O)CC2CC(=O)O)C1. The maximum Gasteiger partial charge on any atom is 0.317 e. The second-order valence-electron chi connectivity index (χ2n) is 5.78. The number of hydrogen-bond acceptors (Lipinski definition) is 4. The van der Waals surface area contributed by atoms with Gasteiger partial charge in [0.05, 0.1) is 24.0 Å². The fourth-order valence-electron chi connectivity index (χ4n) is 2.80. The second kappa shape index (κ2) is 5.59. The molecule has 8 heteroatoms. The summed E-state index contributed by atoms with van der Waals surface area (Å²) in [4.78, 5) is 24.3. The average molecular weight is 304 g/mol. The van der Waals surface area contributed by atoms with E-state index in [1.165, 1.54) is 4.90 Å². The molecule has 1 aliphatic carbocycles. The van der Waals surface area contributed by atoms with Crippen LogP contribution in [0.2, 0.25) is 0 Å². The lowest BCUT2D eigenvalue weighted by atomic mass is 9.82. The summed E-state index contributed by atoms with van der Waals surface area (Å²) in [6.07, 6.45) is 1.50. The number of nitrogens with one attached hydrogen (secondary N) is 1. The van der Waals surface area contributed by atoms with Gasteiger partial charge in [0.15, 0.2) is 9.84 Å². The smallest absolute Gasteiger partial charge is 0.317 e. The molecule has 2 rings (SSSR count). The Bertz CT molecular complexity index is 498. The minimum Gasteiger partial charge on any atom is -0.481 e. The molecule has 0 bridgehead atoms. The van der Waals surface area contributed by atoms with Gasteiger partial charge in [0.2, 0.25) is 0 Å². The molecule has 20 heavy (non-hydrogen) atoms. The van der Waals surface area contributed by atoms with E-state index in [0.29, 0.717) is 5.92 Å². The zero-order chi connectivity index (χ0) is 14.9. The Balaban J connectivity index is 1.99. The maximum atomic E-state index is 12.1.